The van der Waals surface area contributed by atoms with Crippen molar-refractivity contribution in [1.29, 1.82) is 0 Å². The summed E-state index contributed by atoms with van der Waals surface area (Å²) >= 11 is 0. The number of piperazine rings is 1. The summed E-state index contributed by atoms with van der Waals surface area (Å²) in [4.78, 5) is 30.1. The highest BCUT2D eigenvalue weighted by Gasteiger charge is 2.34. The first-order valence-electron chi connectivity index (χ1n) is 7.32. The molecule has 0 spiro atoms. The molecule has 2 rings (SSSR count). The fourth-order valence-corrected chi connectivity index (χ4v) is 2.61. The minimum Gasteiger partial charge on any atom is -0.347 e. The molecule has 0 N–H and O–H groups in total. The number of nitrogens with zero attached hydrogens (tertiary/aromatic N) is 3. The Kier molecular flexibility index (Phi) is 5.13. The summed E-state index contributed by atoms with van der Waals surface area (Å²) in [6.07, 6.45) is 0.182. The zero-order valence-electron chi connectivity index (χ0n) is 13.3. The molecule has 2 amide bonds. The maximum Gasteiger partial charge on any atom is 0.246 e. The minimum absolute atomic E-state index is 0.0704. The Labute approximate surface area is 130 Å². The highest BCUT2D eigenvalue weighted by atomic mass is 19.1. The van der Waals surface area contributed by atoms with Gasteiger partial charge in [0, 0.05) is 33.7 Å². The molecule has 1 atom stereocenters. The van der Waals surface area contributed by atoms with E-state index in [1.165, 1.54) is 17.0 Å². The van der Waals surface area contributed by atoms with Gasteiger partial charge >= 0.3 is 0 Å². The first-order valence-corrected chi connectivity index (χ1v) is 7.32. The molecule has 1 aliphatic heterocycles. The Morgan fingerprint density at radius 2 is 1.86 bits per heavy atom. The number of rotatable bonds is 3. The molecule has 0 saturated carbocycles. The smallest absolute Gasteiger partial charge is 0.246 e. The van der Waals surface area contributed by atoms with Crippen LogP contribution in [0, 0.1) is 5.82 Å². The Balaban J connectivity index is 2.11. The molecule has 1 fully saturated rings. The van der Waals surface area contributed by atoms with Crippen molar-refractivity contribution in [3.63, 3.8) is 0 Å². The van der Waals surface area contributed by atoms with Gasteiger partial charge in [0.1, 0.15) is 11.9 Å². The van der Waals surface area contributed by atoms with E-state index in [0.717, 1.165) is 12.1 Å². The van der Waals surface area contributed by atoms with Crippen LogP contribution in [0.3, 0.4) is 0 Å². The minimum atomic E-state index is -0.457. The van der Waals surface area contributed by atoms with E-state index in [1.807, 2.05) is 11.9 Å². The SMILES string of the molecule is CN1CCN(C(=O)Cc2ccc(F)cc2)C(C(=O)N(C)C)C1. The predicted octanol–water partition coefficient (Wildman–Crippen LogP) is 0.599. The van der Waals surface area contributed by atoms with Crippen LogP contribution in [-0.2, 0) is 16.0 Å². The second-order valence-corrected chi connectivity index (χ2v) is 5.90. The Bertz CT molecular complexity index is 545. The standard InChI is InChI=1S/C16H22FN3O2/c1-18(2)16(22)14-11-19(3)8-9-20(14)15(21)10-12-4-6-13(17)7-5-12/h4-7,14H,8-11H2,1-3H3. The van der Waals surface area contributed by atoms with Gasteiger partial charge in [-0.05, 0) is 24.7 Å². The number of hydrogen-bond acceptors (Lipinski definition) is 3. The van der Waals surface area contributed by atoms with Crippen LogP contribution in [0.5, 0.6) is 0 Å². The van der Waals surface area contributed by atoms with Crippen molar-refractivity contribution in [2.45, 2.75) is 12.5 Å². The molecule has 0 bridgehead atoms. The summed E-state index contributed by atoms with van der Waals surface area (Å²) in [6.45, 7) is 1.80. The summed E-state index contributed by atoms with van der Waals surface area (Å²) in [7, 11) is 5.33. The number of likely N-dealkylation sites (N-methyl/N-ethyl adjacent to an activating group) is 2. The first kappa shape index (κ1) is 16.4. The van der Waals surface area contributed by atoms with Crippen LogP contribution in [0.25, 0.3) is 0 Å². The lowest BCUT2D eigenvalue weighted by atomic mass is 10.1. The van der Waals surface area contributed by atoms with Gasteiger partial charge in [-0.25, -0.2) is 4.39 Å². The van der Waals surface area contributed by atoms with Crippen molar-refractivity contribution in [1.82, 2.24) is 14.7 Å². The Hall–Kier alpha value is -1.95. The normalized spacial score (nSPS) is 19.1. The summed E-state index contributed by atoms with van der Waals surface area (Å²) in [5.74, 6) is -0.490. The van der Waals surface area contributed by atoms with E-state index in [1.54, 1.807) is 31.1 Å². The molecule has 5 nitrogen and oxygen atoms in total. The van der Waals surface area contributed by atoms with Gasteiger partial charge in [0.2, 0.25) is 11.8 Å². The number of amides is 2. The molecule has 1 aliphatic rings. The van der Waals surface area contributed by atoms with Gasteiger partial charge in [-0.1, -0.05) is 12.1 Å². The average molecular weight is 307 g/mol. The molecule has 22 heavy (non-hydrogen) atoms. The van der Waals surface area contributed by atoms with Gasteiger partial charge in [-0.15, -0.1) is 0 Å². The molecule has 1 heterocycles. The van der Waals surface area contributed by atoms with Gasteiger partial charge < -0.3 is 14.7 Å². The maximum atomic E-state index is 12.9. The van der Waals surface area contributed by atoms with Crippen molar-refractivity contribution in [3.8, 4) is 0 Å². The molecule has 0 aromatic heterocycles. The van der Waals surface area contributed by atoms with Crippen LogP contribution in [0.1, 0.15) is 5.56 Å². The third-order valence-electron chi connectivity index (χ3n) is 3.90. The lowest BCUT2D eigenvalue weighted by Gasteiger charge is -2.40. The topological polar surface area (TPSA) is 43.9 Å². The fraction of sp³-hybridized carbons (Fsp3) is 0.500. The van der Waals surface area contributed by atoms with Crippen LogP contribution in [0.15, 0.2) is 24.3 Å². The molecule has 0 aliphatic carbocycles. The van der Waals surface area contributed by atoms with Crippen molar-refractivity contribution in [2.24, 2.45) is 0 Å². The molecule has 0 radical (unpaired) electrons. The van der Waals surface area contributed by atoms with E-state index in [-0.39, 0.29) is 24.1 Å². The zero-order chi connectivity index (χ0) is 16.3. The number of carbonyl (C=O) groups is 2. The van der Waals surface area contributed by atoms with Crippen LogP contribution >= 0.6 is 0 Å². The quantitative estimate of drug-likeness (QED) is 0.821. The zero-order valence-corrected chi connectivity index (χ0v) is 13.3. The van der Waals surface area contributed by atoms with E-state index in [9.17, 15) is 14.0 Å². The summed E-state index contributed by atoms with van der Waals surface area (Å²) in [6, 6.07) is 5.43. The molecular weight excluding hydrogens is 285 g/mol. The van der Waals surface area contributed by atoms with Gasteiger partial charge in [-0.3, -0.25) is 9.59 Å². The second-order valence-electron chi connectivity index (χ2n) is 5.90. The van der Waals surface area contributed by atoms with E-state index in [2.05, 4.69) is 0 Å². The van der Waals surface area contributed by atoms with Crippen molar-refractivity contribution in [2.75, 3.05) is 40.8 Å². The van der Waals surface area contributed by atoms with Crippen molar-refractivity contribution in [3.05, 3.63) is 35.6 Å². The molecule has 1 unspecified atom stereocenters. The molecule has 1 aromatic rings. The monoisotopic (exact) mass is 307 g/mol. The van der Waals surface area contributed by atoms with Gasteiger partial charge in [0.15, 0.2) is 0 Å². The third kappa shape index (κ3) is 3.82. The number of halogens is 1. The lowest BCUT2D eigenvalue weighted by molar-refractivity contribution is -0.147. The Morgan fingerprint density at radius 1 is 1.23 bits per heavy atom. The first-order chi connectivity index (χ1) is 10.4. The van der Waals surface area contributed by atoms with Crippen LogP contribution < -0.4 is 0 Å². The van der Waals surface area contributed by atoms with E-state index in [4.69, 9.17) is 0 Å². The molecular formula is C16H22FN3O2. The summed E-state index contributed by atoms with van der Waals surface area (Å²) in [5.41, 5.74) is 0.751. The molecule has 1 saturated heterocycles. The molecule has 6 heteroatoms. The lowest BCUT2D eigenvalue weighted by Crippen LogP contribution is -2.59. The third-order valence-corrected chi connectivity index (χ3v) is 3.90. The average Bonchev–Trinajstić information content (AvgIpc) is 2.48. The second kappa shape index (κ2) is 6.87. The maximum absolute atomic E-state index is 12.9. The Morgan fingerprint density at radius 3 is 2.45 bits per heavy atom. The number of hydrogen-bond donors (Lipinski definition) is 0. The van der Waals surface area contributed by atoms with E-state index < -0.39 is 6.04 Å². The van der Waals surface area contributed by atoms with Gasteiger partial charge in [-0.2, -0.15) is 0 Å². The molecule has 120 valence electrons. The van der Waals surface area contributed by atoms with Crippen LogP contribution in [0.2, 0.25) is 0 Å². The van der Waals surface area contributed by atoms with Crippen LogP contribution in [-0.4, -0.2) is 73.3 Å². The van der Waals surface area contributed by atoms with Crippen molar-refractivity contribution < 1.29 is 14.0 Å². The molecule has 1 aromatic carbocycles. The predicted molar refractivity (Wildman–Crippen MR) is 81.8 cm³/mol. The number of benzene rings is 1. The summed E-state index contributed by atoms with van der Waals surface area (Å²) < 4.78 is 12.9. The van der Waals surface area contributed by atoms with Gasteiger partial charge in [0.25, 0.3) is 0 Å². The van der Waals surface area contributed by atoms with Crippen molar-refractivity contribution >= 4 is 11.8 Å². The van der Waals surface area contributed by atoms with Gasteiger partial charge in [0.05, 0.1) is 6.42 Å². The number of carbonyl (C=O) groups excluding carboxylic acids is 2. The summed E-state index contributed by atoms with van der Waals surface area (Å²) in [5, 5.41) is 0. The van der Waals surface area contributed by atoms with E-state index >= 15 is 0 Å². The van der Waals surface area contributed by atoms with E-state index in [0.29, 0.717) is 13.1 Å². The van der Waals surface area contributed by atoms with Crippen LogP contribution in [0.4, 0.5) is 4.39 Å². The highest BCUT2D eigenvalue weighted by molar-refractivity contribution is 5.88. The fourth-order valence-electron chi connectivity index (χ4n) is 2.61. The highest BCUT2D eigenvalue weighted by Crippen LogP contribution is 2.14. The largest absolute Gasteiger partial charge is 0.347 e.